The number of hydrogen-bond donors (Lipinski definition) is 0. The van der Waals surface area contributed by atoms with Crippen LogP contribution in [0.1, 0.15) is 17.5 Å². The second kappa shape index (κ2) is 8.26. The van der Waals surface area contributed by atoms with E-state index < -0.39 is 0 Å². The molecule has 2 fully saturated rings. The van der Waals surface area contributed by atoms with Crippen LogP contribution in [0.3, 0.4) is 0 Å². The minimum Gasteiger partial charge on any atom is -0.493 e. The van der Waals surface area contributed by atoms with Gasteiger partial charge in [0.15, 0.2) is 11.5 Å². The van der Waals surface area contributed by atoms with Crippen molar-refractivity contribution in [3.63, 3.8) is 0 Å². The van der Waals surface area contributed by atoms with E-state index in [1.54, 1.807) is 18.2 Å². The van der Waals surface area contributed by atoms with Crippen LogP contribution in [-0.2, 0) is 16.2 Å². The van der Waals surface area contributed by atoms with E-state index in [-0.39, 0.29) is 42.1 Å². The second-order valence-electron chi connectivity index (χ2n) is 8.15. The number of hydrazone groups is 1. The summed E-state index contributed by atoms with van der Waals surface area (Å²) >= 11 is 12.6. The van der Waals surface area contributed by atoms with Crippen LogP contribution in [0, 0.1) is 23.7 Å². The zero-order chi connectivity index (χ0) is 22.4. The second-order valence-corrected chi connectivity index (χ2v) is 8.96. The number of carbonyl (C=O) groups excluding carboxylic acids is 2. The van der Waals surface area contributed by atoms with Gasteiger partial charge in [-0.3, -0.25) is 9.59 Å². The number of imide groups is 1. The molecule has 4 atom stereocenters. The quantitative estimate of drug-likeness (QED) is 0.347. The van der Waals surface area contributed by atoms with Crippen molar-refractivity contribution in [2.45, 2.75) is 13.0 Å². The first-order chi connectivity index (χ1) is 15.5. The highest BCUT2D eigenvalue weighted by Crippen LogP contribution is 2.52. The molecular formula is C24H20Cl2N2O4. The van der Waals surface area contributed by atoms with Gasteiger partial charge in [0.25, 0.3) is 11.8 Å². The number of fused-ring (bicyclic) bond motifs is 5. The fourth-order valence-corrected chi connectivity index (χ4v) is 5.31. The number of halogens is 2. The van der Waals surface area contributed by atoms with Gasteiger partial charge in [0.1, 0.15) is 6.61 Å². The summed E-state index contributed by atoms with van der Waals surface area (Å²) in [5.74, 6) is 0.0378. The van der Waals surface area contributed by atoms with E-state index in [1.807, 2.05) is 18.2 Å². The summed E-state index contributed by atoms with van der Waals surface area (Å²) in [5.41, 5.74) is 1.40. The van der Waals surface area contributed by atoms with Crippen LogP contribution in [0.4, 0.5) is 0 Å². The Hall–Kier alpha value is -2.83. The van der Waals surface area contributed by atoms with E-state index in [9.17, 15) is 9.59 Å². The number of methoxy groups -OCH3 is 1. The average Bonchev–Trinajstić information content (AvgIpc) is 3.46. The molecule has 8 heteroatoms. The van der Waals surface area contributed by atoms with E-state index in [1.165, 1.54) is 13.3 Å². The summed E-state index contributed by atoms with van der Waals surface area (Å²) < 4.78 is 11.3. The fourth-order valence-electron chi connectivity index (χ4n) is 4.84. The van der Waals surface area contributed by atoms with Gasteiger partial charge in [0, 0.05) is 10.6 Å². The summed E-state index contributed by atoms with van der Waals surface area (Å²) in [6, 6.07) is 10.7. The van der Waals surface area contributed by atoms with Crippen LogP contribution in [0.25, 0.3) is 0 Å². The predicted molar refractivity (Wildman–Crippen MR) is 121 cm³/mol. The van der Waals surface area contributed by atoms with Gasteiger partial charge in [-0.05, 0) is 42.0 Å². The Morgan fingerprint density at radius 3 is 2.41 bits per heavy atom. The van der Waals surface area contributed by atoms with Crippen molar-refractivity contribution in [2.24, 2.45) is 28.8 Å². The van der Waals surface area contributed by atoms with Crippen molar-refractivity contribution in [1.29, 1.82) is 0 Å². The van der Waals surface area contributed by atoms with Crippen LogP contribution in [-0.4, -0.2) is 30.1 Å². The summed E-state index contributed by atoms with van der Waals surface area (Å²) in [4.78, 5) is 25.6. The molecule has 2 amide bonds. The Labute approximate surface area is 195 Å². The van der Waals surface area contributed by atoms with Crippen LogP contribution >= 0.6 is 23.2 Å². The van der Waals surface area contributed by atoms with Crippen molar-refractivity contribution < 1.29 is 19.1 Å². The van der Waals surface area contributed by atoms with E-state index in [0.717, 1.165) is 17.0 Å². The van der Waals surface area contributed by atoms with Gasteiger partial charge < -0.3 is 9.47 Å². The molecule has 2 aromatic carbocycles. The molecule has 6 nitrogen and oxygen atoms in total. The summed E-state index contributed by atoms with van der Waals surface area (Å²) in [6.45, 7) is 0.221. The third kappa shape index (κ3) is 3.48. The lowest BCUT2D eigenvalue weighted by Crippen LogP contribution is -2.28. The number of rotatable bonds is 6. The topological polar surface area (TPSA) is 68.2 Å². The van der Waals surface area contributed by atoms with Crippen LogP contribution in [0.2, 0.25) is 10.0 Å². The largest absolute Gasteiger partial charge is 0.493 e. The van der Waals surface area contributed by atoms with Crippen molar-refractivity contribution >= 4 is 41.2 Å². The molecule has 32 heavy (non-hydrogen) atoms. The first kappa shape index (κ1) is 21.0. The normalized spacial score (nSPS) is 25.8. The Balaban J connectivity index is 1.34. The van der Waals surface area contributed by atoms with Crippen LogP contribution < -0.4 is 9.47 Å². The van der Waals surface area contributed by atoms with Gasteiger partial charge in [0.2, 0.25) is 0 Å². The zero-order valence-corrected chi connectivity index (χ0v) is 18.7. The molecule has 5 rings (SSSR count). The monoisotopic (exact) mass is 470 g/mol. The van der Waals surface area contributed by atoms with Crippen molar-refractivity contribution in [3.05, 3.63) is 69.7 Å². The van der Waals surface area contributed by atoms with Gasteiger partial charge in [0.05, 0.1) is 30.2 Å². The standard InChI is InChI=1S/C24H20Cl2N2O4/c1-31-19-9-13(8-18(26)22(19)32-12-16-4-2-3-5-17(16)25)11-27-28-23(29)20-14-6-7-15(10-14)21(20)24(28)30/h2-9,11,14-15,20-21H,10,12H2,1H3/t14-,15-,20-,21+/m0/s1. The molecule has 0 spiro atoms. The molecule has 0 unspecified atom stereocenters. The summed E-state index contributed by atoms with van der Waals surface area (Å²) in [5, 5.41) is 6.11. The Bertz CT molecular complexity index is 1130. The number of nitrogens with zero attached hydrogens (tertiary/aromatic N) is 2. The molecule has 164 valence electrons. The summed E-state index contributed by atoms with van der Waals surface area (Å²) in [7, 11) is 1.51. The molecule has 0 N–H and O–H groups in total. The van der Waals surface area contributed by atoms with E-state index in [0.29, 0.717) is 27.1 Å². The number of ether oxygens (including phenoxy) is 2. The molecule has 2 bridgehead atoms. The highest BCUT2D eigenvalue weighted by Gasteiger charge is 2.59. The minimum atomic E-state index is -0.284. The highest BCUT2D eigenvalue weighted by molar-refractivity contribution is 6.32. The summed E-state index contributed by atoms with van der Waals surface area (Å²) in [6.07, 6.45) is 6.43. The number of benzene rings is 2. The molecule has 1 aliphatic heterocycles. The third-order valence-electron chi connectivity index (χ3n) is 6.35. The number of allylic oxidation sites excluding steroid dienone is 2. The lowest BCUT2D eigenvalue weighted by atomic mass is 9.85. The SMILES string of the molecule is COc1cc(C=NN2C(=O)[C@@H]3[C@H](C2=O)[C@H]2C=C[C@H]3C2)cc(Cl)c1OCc1ccccc1Cl. The first-order valence-corrected chi connectivity index (χ1v) is 11.1. The fraction of sp³-hybridized carbons (Fsp3) is 0.292. The molecule has 0 aromatic heterocycles. The lowest BCUT2D eigenvalue weighted by molar-refractivity contribution is -0.140. The maximum Gasteiger partial charge on any atom is 0.254 e. The number of amides is 2. The number of carbonyl (C=O) groups is 2. The van der Waals surface area contributed by atoms with E-state index in [4.69, 9.17) is 32.7 Å². The lowest BCUT2D eigenvalue weighted by Gasteiger charge is -2.14. The molecule has 0 radical (unpaired) electrons. The van der Waals surface area contributed by atoms with Crippen LogP contribution in [0.5, 0.6) is 11.5 Å². The highest BCUT2D eigenvalue weighted by atomic mass is 35.5. The molecule has 1 heterocycles. The van der Waals surface area contributed by atoms with E-state index >= 15 is 0 Å². The van der Waals surface area contributed by atoms with E-state index in [2.05, 4.69) is 17.3 Å². The predicted octanol–water partition coefficient (Wildman–Crippen LogP) is 4.72. The Morgan fingerprint density at radius 1 is 1.06 bits per heavy atom. The molecule has 1 saturated carbocycles. The van der Waals surface area contributed by atoms with Gasteiger partial charge in [-0.15, -0.1) is 0 Å². The van der Waals surface area contributed by atoms with Gasteiger partial charge in [-0.25, -0.2) is 0 Å². The van der Waals surface area contributed by atoms with Gasteiger partial charge >= 0.3 is 0 Å². The average molecular weight is 471 g/mol. The van der Waals surface area contributed by atoms with Gasteiger partial charge in [-0.2, -0.15) is 10.1 Å². The molecule has 2 aromatic rings. The van der Waals surface area contributed by atoms with Crippen molar-refractivity contribution in [2.75, 3.05) is 7.11 Å². The maximum absolute atomic E-state index is 12.8. The van der Waals surface area contributed by atoms with Crippen LogP contribution in [0.15, 0.2) is 53.7 Å². The molecule has 1 saturated heterocycles. The minimum absolute atomic E-state index is 0.144. The Kier molecular flexibility index (Phi) is 5.43. The van der Waals surface area contributed by atoms with Gasteiger partial charge in [-0.1, -0.05) is 53.6 Å². The van der Waals surface area contributed by atoms with Crippen molar-refractivity contribution in [3.8, 4) is 11.5 Å². The van der Waals surface area contributed by atoms with Crippen molar-refractivity contribution in [1.82, 2.24) is 5.01 Å². The maximum atomic E-state index is 12.8. The molecular weight excluding hydrogens is 451 g/mol. The smallest absolute Gasteiger partial charge is 0.254 e. The third-order valence-corrected chi connectivity index (χ3v) is 7.00. The molecule has 3 aliphatic rings. The molecule has 2 aliphatic carbocycles. The first-order valence-electron chi connectivity index (χ1n) is 10.3. The Morgan fingerprint density at radius 2 is 1.75 bits per heavy atom. The zero-order valence-electron chi connectivity index (χ0n) is 17.2. The number of hydrogen-bond acceptors (Lipinski definition) is 5.